The van der Waals surface area contributed by atoms with Crippen molar-refractivity contribution in [2.45, 2.75) is 51.5 Å². The molecule has 0 radical (unpaired) electrons. The molecule has 17 nitrogen and oxygen atoms in total. The number of piperazine rings is 1. The molecule has 2 saturated heterocycles. The van der Waals surface area contributed by atoms with E-state index in [1.807, 2.05) is 23.1 Å². The van der Waals surface area contributed by atoms with E-state index in [1.165, 1.54) is 17.5 Å². The lowest BCUT2D eigenvalue weighted by Gasteiger charge is -2.36. The van der Waals surface area contributed by atoms with Crippen LogP contribution in [0.4, 0.5) is 26.0 Å². The van der Waals surface area contributed by atoms with Gasteiger partial charge in [-0.3, -0.25) is 28.9 Å². The molecule has 0 bridgehead atoms. The molecule has 3 N–H and O–H groups in total. The number of amides is 4. The first-order chi connectivity index (χ1) is 32.8. The maximum atomic E-state index is 15.6. The van der Waals surface area contributed by atoms with Crippen molar-refractivity contribution >= 4 is 75.5 Å². The number of imide groups is 1. The molecular weight excluding hydrogens is 899 g/mol. The quantitative estimate of drug-likeness (QED) is 0.0480. The summed E-state index contributed by atoms with van der Waals surface area (Å²) < 4.78 is 47.0. The summed E-state index contributed by atoms with van der Waals surface area (Å²) in [7, 11) is 3.05. The minimum atomic E-state index is -1.81. The first-order valence-corrected chi connectivity index (χ1v) is 23.7. The van der Waals surface area contributed by atoms with E-state index in [-0.39, 0.29) is 47.0 Å². The van der Waals surface area contributed by atoms with Crippen LogP contribution in [0.2, 0.25) is 0 Å². The van der Waals surface area contributed by atoms with Crippen molar-refractivity contribution in [3.8, 4) is 11.1 Å². The number of carbonyl (C=O) groups excluding carboxylic acids is 6. The predicted octanol–water partition coefficient (Wildman–Crippen LogP) is 5.11. The van der Waals surface area contributed by atoms with Gasteiger partial charge in [0, 0.05) is 113 Å². The normalized spacial score (nSPS) is 16.3. The molecule has 3 aromatic heterocycles. The number of hydrogen-bond acceptors (Lipinski definition) is 13. The highest BCUT2D eigenvalue weighted by Gasteiger charge is 2.42. The molecule has 0 spiro atoms. The summed E-state index contributed by atoms with van der Waals surface area (Å²) in [5, 5.41) is 2.85. The molecular formula is C48H52F2N10O7S. The highest BCUT2D eigenvalue weighted by Crippen LogP contribution is 2.36. The fourth-order valence-corrected chi connectivity index (χ4v) is 9.74. The highest BCUT2D eigenvalue weighted by atomic mass is 32.2. The van der Waals surface area contributed by atoms with Crippen molar-refractivity contribution in [2.75, 3.05) is 74.4 Å². The van der Waals surface area contributed by atoms with Crippen molar-refractivity contribution in [1.82, 2.24) is 34.4 Å². The lowest BCUT2D eigenvalue weighted by atomic mass is 9.91. The smallest absolute Gasteiger partial charge is 0.264 e. The molecule has 0 saturated carbocycles. The van der Waals surface area contributed by atoms with Gasteiger partial charge in [0.25, 0.3) is 11.8 Å². The number of benzene rings is 2. The summed E-state index contributed by atoms with van der Waals surface area (Å²) in [4.78, 5) is 96.9. The van der Waals surface area contributed by atoms with Crippen molar-refractivity contribution < 1.29 is 42.1 Å². The highest BCUT2D eigenvalue weighted by molar-refractivity contribution is 7.90. The van der Waals surface area contributed by atoms with E-state index in [0.29, 0.717) is 92.3 Å². The minimum absolute atomic E-state index is 0.00199. The van der Waals surface area contributed by atoms with Gasteiger partial charge in [-0.15, -0.1) is 4.31 Å². The average Bonchev–Trinajstić information content (AvgIpc) is 3.91. The van der Waals surface area contributed by atoms with E-state index in [1.54, 1.807) is 44.6 Å². The van der Waals surface area contributed by atoms with Gasteiger partial charge in [-0.25, -0.2) is 18.7 Å². The molecule has 2 unspecified atom stereocenters. The molecule has 68 heavy (non-hydrogen) atoms. The maximum absolute atomic E-state index is 15.6. The third-order valence-corrected chi connectivity index (χ3v) is 14.4. The van der Waals surface area contributed by atoms with E-state index in [2.05, 4.69) is 29.8 Å². The van der Waals surface area contributed by atoms with Crippen LogP contribution in [-0.4, -0.2) is 135 Å². The van der Waals surface area contributed by atoms with Crippen LogP contribution in [0.15, 0.2) is 67.1 Å². The Balaban J connectivity index is 0.827. The van der Waals surface area contributed by atoms with E-state index in [9.17, 15) is 33.3 Å². The fourth-order valence-electron chi connectivity index (χ4n) is 9.00. The lowest BCUT2D eigenvalue weighted by Crippen LogP contribution is -2.49. The molecule has 2 aromatic carbocycles. The second-order valence-corrected chi connectivity index (χ2v) is 18.4. The average molecular weight is 951 g/mol. The number of nitrogens with zero attached hydrogens (tertiary/aromatic N) is 7. The topological polar surface area (TPSA) is 207 Å². The van der Waals surface area contributed by atoms with Gasteiger partial charge in [-0.2, -0.15) is 4.72 Å². The van der Waals surface area contributed by atoms with Crippen LogP contribution in [0.1, 0.15) is 82.1 Å². The summed E-state index contributed by atoms with van der Waals surface area (Å²) >= 11 is -1.81. The Labute approximate surface area is 394 Å². The zero-order valence-corrected chi connectivity index (χ0v) is 38.7. The van der Waals surface area contributed by atoms with Crippen LogP contribution >= 0.6 is 0 Å². The Morgan fingerprint density at radius 1 is 0.956 bits per heavy atom. The number of carbonyl (C=O) groups is 6. The number of hydrogen-bond donors (Lipinski definition) is 3. The number of fused-ring (bicyclic) bond motifs is 2. The summed E-state index contributed by atoms with van der Waals surface area (Å²) in [6.07, 6.45) is 8.02. The third-order valence-electron chi connectivity index (χ3n) is 13.1. The fraction of sp³-hybridized carbons (Fsp3) is 0.375. The van der Waals surface area contributed by atoms with Crippen molar-refractivity contribution in [3.63, 3.8) is 0 Å². The van der Waals surface area contributed by atoms with Crippen LogP contribution < -0.4 is 19.8 Å². The van der Waals surface area contributed by atoms with E-state index >= 15 is 8.78 Å². The predicted molar refractivity (Wildman–Crippen MR) is 252 cm³/mol. The summed E-state index contributed by atoms with van der Waals surface area (Å²) in [5.74, 6) is -3.34. The minimum Gasteiger partial charge on any atom is -0.573 e. The summed E-state index contributed by atoms with van der Waals surface area (Å²) in [6, 6.07) is 11.6. The number of nitrogens with one attached hydrogen (secondary N) is 3. The Morgan fingerprint density at radius 3 is 2.40 bits per heavy atom. The second kappa shape index (κ2) is 20.6. The third kappa shape index (κ3) is 9.65. The number of rotatable bonds is 17. The molecule has 3 aliphatic heterocycles. The van der Waals surface area contributed by atoms with E-state index in [0.717, 1.165) is 42.1 Å². The van der Waals surface area contributed by atoms with Crippen LogP contribution in [-0.2, 0) is 25.9 Å². The summed E-state index contributed by atoms with van der Waals surface area (Å²) in [5.41, 5.74) is 1.81. The molecule has 0 aliphatic carbocycles. The number of aldehydes is 1. The number of aromatic amines is 1. The Morgan fingerprint density at radius 2 is 1.71 bits per heavy atom. The van der Waals surface area contributed by atoms with Crippen molar-refractivity contribution in [3.05, 3.63) is 101 Å². The van der Waals surface area contributed by atoms with Crippen LogP contribution in [0.25, 0.3) is 22.2 Å². The zero-order valence-electron chi connectivity index (χ0n) is 37.9. The van der Waals surface area contributed by atoms with E-state index in [4.69, 9.17) is 4.98 Å². The van der Waals surface area contributed by atoms with Gasteiger partial charge in [-0.1, -0.05) is 6.07 Å². The lowest BCUT2D eigenvalue weighted by molar-refractivity contribution is -0.131. The monoisotopic (exact) mass is 950 g/mol. The second-order valence-electron chi connectivity index (χ2n) is 17.1. The Bertz CT molecular complexity index is 2740. The number of ketones is 1. The Kier molecular flexibility index (Phi) is 14.5. The number of aromatic nitrogens is 3. The first kappa shape index (κ1) is 47.7. The molecule has 356 valence electrons. The van der Waals surface area contributed by atoms with Gasteiger partial charge in [0.2, 0.25) is 17.6 Å². The molecule has 8 rings (SSSR count). The maximum Gasteiger partial charge on any atom is 0.264 e. The van der Waals surface area contributed by atoms with Gasteiger partial charge in [0.1, 0.15) is 29.3 Å². The number of piperidine rings is 1. The van der Waals surface area contributed by atoms with Gasteiger partial charge >= 0.3 is 0 Å². The van der Waals surface area contributed by atoms with Gasteiger partial charge < -0.3 is 34.3 Å². The molecule has 5 aromatic rings. The SMILES string of the molecule is CCN(C)[S+]([O-])Nc1ccc(F)c(C(=O)c2c[nH]c3ncc(-c4ccc(N5CCN(C(=O)CCC6CCN(c7cccc8c7C(=O)N(C(C=O)CCC(=O)NC)C8=O)CC6)CC5)nc4)cc23)c1F. The molecule has 4 amide bonds. The number of pyridine rings is 2. The van der Waals surface area contributed by atoms with Gasteiger partial charge in [0.15, 0.2) is 17.4 Å². The standard InChI is InChI=1S/C48H52F2N10O7S/c1-4-56(3)68(67)55-37-12-11-36(49)43(44(37)50)45(64)35-27-54-46-34(35)24-31(26-53-46)30-9-13-39(52-25-30)58-20-22-59(23-21-58)41(63)15-8-29-16-18-57(19-17-29)38-7-5-6-33-42(38)48(66)60(47(33)65)32(28-61)10-14-40(62)51-2/h5-7,9,11-13,24-29,32,55H,4,8,10,14-23H2,1-3H3,(H,51,62)(H,53,54). The molecule has 2 atom stereocenters. The van der Waals surface area contributed by atoms with Gasteiger partial charge in [0.05, 0.1) is 28.4 Å². The van der Waals surface area contributed by atoms with Crippen LogP contribution in [0, 0.1) is 17.6 Å². The first-order valence-electron chi connectivity index (χ1n) is 22.6. The van der Waals surface area contributed by atoms with Crippen LogP contribution in [0.5, 0.6) is 0 Å². The molecule has 2 fully saturated rings. The van der Waals surface area contributed by atoms with Crippen molar-refractivity contribution in [1.29, 1.82) is 0 Å². The molecule has 6 heterocycles. The van der Waals surface area contributed by atoms with Crippen molar-refractivity contribution in [2.24, 2.45) is 5.92 Å². The number of anilines is 3. The zero-order chi connectivity index (χ0) is 48.2. The van der Waals surface area contributed by atoms with E-state index < -0.39 is 52.4 Å². The largest absolute Gasteiger partial charge is 0.573 e. The molecule has 20 heteroatoms. The van der Waals surface area contributed by atoms with Gasteiger partial charge in [-0.05, 0) is 81.0 Å². The van der Waals surface area contributed by atoms with Crippen LogP contribution in [0.3, 0.4) is 0 Å². The number of H-pyrrole nitrogens is 1. The molecule has 3 aliphatic rings. The summed E-state index contributed by atoms with van der Waals surface area (Å²) in [6.45, 7) is 5.73. The number of halogens is 2. The Hall–Kier alpha value is -6.77.